The second kappa shape index (κ2) is 4.89. The van der Waals surface area contributed by atoms with E-state index in [4.69, 9.17) is 5.11 Å². The van der Waals surface area contributed by atoms with Crippen LogP contribution in [0.4, 0.5) is 0 Å². The van der Waals surface area contributed by atoms with Crippen LogP contribution < -0.4 is 4.72 Å². The van der Waals surface area contributed by atoms with Gasteiger partial charge in [-0.15, -0.1) is 0 Å². The number of sulfonamides is 1. The number of hydrogen-bond donors (Lipinski definition) is 2. The number of imide groups is 1. The summed E-state index contributed by atoms with van der Waals surface area (Å²) in [6.45, 7) is -0.509. The fraction of sp³-hybridized carbons (Fsp3) is 0.750. The van der Waals surface area contributed by atoms with Gasteiger partial charge in [0.2, 0.25) is 21.8 Å². The van der Waals surface area contributed by atoms with Crippen LogP contribution in [0, 0.1) is 0 Å². The van der Waals surface area contributed by atoms with Crippen LogP contribution in [0.2, 0.25) is 0 Å². The monoisotopic (exact) mass is 250 g/mol. The molecule has 1 saturated heterocycles. The van der Waals surface area contributed by atoms with Crippen LogP contribution in [0.5, 0.6) is 0 Å². The van der Waals surface area contributed by atoms with Gasteiger partial charge in [0.1, 0.15) is 6.04 Å². The van der Waals surface area contributed by atoms with Gasteiger partial charge in [-0.1, -0.05) is 0 Å². The Hall–Kier alpha value is -0.990. The maximum absolute atomic E-state index is 11.5. The highest BCUT2D eigenvalue weighted by atomic mass is 32.2. The zero-order valence-electron chi connectivity index (χ0n) is 8.84. The molecule has 0 spiro atoms. The van der Waals surface area contributed by atoms with Gasteiger partial charge < -0.3 is 5.11 Å². The fourth-order valence-corrected chi connectivity index (χ4v) is 2.43. The lowest BCUT2D eigenvalue weighted by Crippen LogP contribution is -2.53. The molecule has 0 aliphatic carbocycles. The molecule has 1 fully saturated rings. The van der Waals surface area contributed by atoms with E-state index in [1.165, 1.54) is 7.05 Å². The minimum absolute atomic E-state index is 0.133. The maximum atomic E-state index is 11.5. The average molecular weight is 250 g/mol. The highest BCUT2D eigenvalue weighted by molar-refractivity contribution is 7.89. The maximum Gasteiger partial charge on any atom is 0.247 e. The number of likely N-dealkylation sites (N-methyl/N-ethyl adjacent to an activating group) is 1. The zero-order chi connectivity index (χ0) is 12.3. The van der Waals surface area contributed by atoms with Crippen LogP contribution in [0.15, 0.2) is 0 Å². The van der Waals surface area contributed by atoms with Gasteiger partial charge in [0.05, 0.1) is 12.4 Å². The van der Waals surface area contributed by atoms with E-state index in [1.807, 2.05) is 0 Å². The first-order valence-corrected chi connectivity index (χ1v) is 6.44. The lowest BCUT2D eigenvalue weighted by atomic mass is 10.1. The lowest BCUT2D eigenvalue weighted by molar-refractivity contribution is -0.147. The van der Waals surface area contributed by atoms with Crippen LogP contribution >= 0.6 is 0 Å². The highest BCUT2D eigenvalue weighted by Crippen LogP contribution is 2.12. The number of piperidine rings is 1. The SMILES string of the molecule is CN1C(=O)CCC(NS(=O)(=O)CCO)C1=O. The van der Waals surface area contributed by atoms with Crippen molar-refractivity contribution in [3.8, 4) is 0 Å². The summed E-state index contributed by atoms with van der Waals surface area (Å²) in [6, 6.07) is -0.903. The lowest BCUT2D eigenvalue weighted by Gasteiger charge is -2.27. The van der Waals surface area contributed by atoms with Crippen molar-refractivity contribution in [2.75, 3.05) is 19.4 Å². The van der Waals surface area contributed by atoms with E-state index in [2.05, 4.69) is 4.72 Å². The highest BCUT2D eigenvalue weighted by Gasteiger charge is 2.33. The molecule has 1 rings (SSSR count). The summed E-state index contributed by atoms with van der Waals surface area (Å²) in [6.07, 6.45) is 0.293. The van der Waals surface area contributed by atoms with Crippen molar-refractivity contribution >= 4 is 21.8 Å². The quantitative estimate of drug-likeness (QED) is 0.564. The Morgan fingerprint density at radius 2 is 2.12 bits per heavy atom. The Bertz CT molecular complexity index is 391. The summed E-state index contributed by atoms with van der Waals surface area (Å²) in [7, 11) is -2.35. The van der Waals surface area contributed by atoms with E-state index in [0.717, 1.165) is 4.90 Å². The molecule has 0 aromatic heterocycles. The van der Waals surface area contributed by atoms with Crippen molar-refractivity contribution in [1.29, 1.82) is 0 Å². The third-order valence-corrected chi connectivity index (χ3v) is 3.70. The number of hydrogen-bond acceptors (Lipinski definition) is 5. The second-order valence-corrected chi connectivity index (χ2v) is 5.42. The van der Waals surface area contributed by atoms with Gasteiger partial charge in [-0.2, -0.15) is 0 Å². The van der Waals surface area contributed by atoms with E-state index in [0.29, 0.717) is 0 Å². The molecule has 2 amide bonds. The molecule has 0 aromatic carbocycles. The predicted molar refractivity (Wildman–Crippen MR) is 54.8 cm³/mol. The van der Waals surface area contributed by atoms with E-state index < -0.39 is 34.3 Å². The van der Waals surface area contributed by atoms with Gasteiger partial charge in [-0.3, -0.25) is 14.5 Å². The average Bonchev–Trinajstić information content (AvgIpc) is 2.19. The van der Waals surface area contributed by atoms with Gasteiger partial charge in [0, 0.05) is 13.5 Å². The molecular formula is C8H14N2O5S. The first kappa shape index (κ1) is 13.1. The third-order valence-electron chi connectivity index (χ3n) is 2.33. The summed E-state index contributed by atoms with van der Waals surface area (Å²) in [5.41, 5.74) is 0. The van der Waals surface area contributed by atoms with Gasteiger partial charge in [-0.25, -0.2) is 13.1 Å². The summed E-state index contributed by atoms with van der Waals surface area (Å²) < 4.78 is 24.8. The van der Waals surface area contributed by atoms with Gasteiger partial charge in [-0.05, 0) is 6.42 Å². The van der Waals surface area contributed by atoms with Crippen molar-refractivity contribution in [1.82, 2.24) is 9.62 Å². The molecule has 92 valence electrons. The number of nitrogens with one attached hydrogen (secondary N) is 1. The van der Waals surface area contributed by atoms with Gasteiger partial charge in [0.25, 0.3) is 0 Å². The molecule has 0 aromatic rings. The molecule has 1 aliphatic rings. The molecule has 1 unspecified atom stereocenters. The summed E-state index contributed by atoms with van der Waals surface area (Å²) in [4.78, 5) is 23.6. The standard InChI is InChI=1S/C8H14N2O5S/c1-10-7(12)3-2-6(8(10)13)9-16(14,15)5-4-11/h6,9,11H,2-5H2,1H3. The smallest absolute Gasteiger partial charge is 0.247 e. The van der Waals surface area contributed by atoms with Crippen molar-refractivity contribution in [2.45, 2.75) is 18.9 Å². The molecule has 0 bridgehead atoms. The molecule has 8 heteroatoms. The number of amides is 2. The fourth-order valence-electron chi connectivity index (χ4n) is 1.42. The van der Waals surface area contributed by atoms with Crippen LogP contribution in [0.3, 0.4) is 0 Å². The Kier molecular flexibility index (Phi) is 4.00. The molecular weight excluding hydrogens is 236 g/mol. The minimum atomic E-state index is -3.66. The van der Waals surface area contributed by atoms with Crippen LogP contribution in [0.25, 0.3) is 0 Å². The summed E-state index contributed by atoms with van der Waals surface area (Å²) in [5, 5.41) is 8.52. The molecule has 1 heterocycles. The Morgan fingerprint density at radius 3 is 2.69 bits per heavy atom. The molecule has 0 saturated carbocycles. The number of carbonyl (C=O) groups excluding carboxylic acids is 2. The van der Waals surface area contributed by atoms with E-state index >= 15 is 0 Å². The number of aliphatic hydroxyl groups excluding tert-OH is 1. The predicted octanol–water partition coefficient (Wildman–Crippen LogP) is -1.95. The molecule has 2 N–H and O–H groups in total. The zero-order valence-corrected chi connectivity index (χ0v) is 9.66. The normalized spacial score (nSPS) is 22.6. The number of likely N-dealkylation sites (tertiary alicyclic amines) is 1. The number of carbonyl (C=O) groups is 2. The Balaban J connectivity index is 2.69. The van der Waals surface area contributed by atoms with Crippen molar-refractivity contribution in [3.05, 3.63) is 0 Å². The molecule has 1 atom stereocenters. The molecule has 1 aliphatic heterocycles. The first-order chi connectivity index (χ1) is 7.37. The van der Waals surface area contributed by atoms with Crippen molar-refractivity contribution in [3.63, 3.8) is 0 Å². The summed E-state index contributed by atoms with van der Waals surface area (Å²) >= 11 is 0. The molecule has 16 heavy (non-hydrogen) atoms. The summed E-state index contributed by atoms with van der Waals surface area (Å²) in [5.74, 6) is -1.32. The topological polar surface area (TPSA) is 104 Å². The van der Waals surface area contributed by atoms with E-state index in [1.54, 1.807) is 0 Å². The molecule has 7 nitrogen and oxygen atoms in total. The van der Waals surface area contributed by atoms with Crippen molar-refractivity contribution in [2.24, 2.45) is 0 Å². The largest absolute Gasteiger partial charge is 0.395 e. The Labute approximate surface area is 93.5 Å². The van der Waals surface area contributed by atoms with Crippen LogP contribution in [-0.4, -0.2) is 55.7 Å². The third kappa shape index (κ3) is 3.00. The van der Waals surface area contributed by atoms with Crippen LogP contribution in [0.1, 0.15) is 12.8 Å². The minimum Gasteiger partial charge on any atom is -0.395 e. The first-order valence-electron chi connectivity index (χ1n) is 4.78. The molecule has 0 radical (unpaired) electrons. The number of aliphatic hydroxyl groups is 1. The van der Waals surface area contributed by atoms with Gasteiger partial charge >= 0.3 is 0 Å². The Morgan fingerprint density at radius 1 is 1.50 bits per heavy atom. The van der Waals surface area contributed by atoms with Gasteiger partial charge in [0.15, 0.2) is 0 Å². The van der Waals surface area contributed by atoms with E-state index in [9.17, 15) is 18.0 Å². The number of rotatable bonds is 4. The number of nitrogens with zero attached hydrogens (tertiary/aromatic N) is 1. The second-order valence-electron chi connectivity index (χ2n) is 3.54. The van der Waals surface area contributed by atoms with Crippen LogP contribution in [-0.2, 0) is 19.6 Å². The van der Waals surface area contributed by atoms with E-state index in [-0.39, 0.29) is 18.7 Å². The van der Waals surface area contributed by atoms with Crippen molar-refractivity contribution < 1.29 is 23.1 Å².